The van der Waals surface area contributed by atoms with E-state index >= 15 is 0 Å². The summed E-state index contributed by atoms with van der Waals surface area (Å²) in [4.78, 5) is 12.6. The van der Waals surface area contributed by atoms with E-state index in [1.807, 2.05) is 43.3 Å². The average Bonchev–Trinajstić information content (AvgIpc) is 2.51. The topological polar surface area (TPSA) is 50.7 Å². The van der Waals surface area contributed by atoms with Crippen molar-refractivity contribution in [2.24, 2.45) is 0 Å². The van der Waals surface area contributed by atoms with Crippen LogP contribution in [0.2, 0.25) is 0 Å². The van der Waals surface area contributed by atoms with Crippen molar-refractivity contribution in [2.45, 2.75) is 13.3 Å². The molecule has 4 nitrogen and oxygen atoms in total. The number of anilines is 1. The van der Waals surface area contributed by atoms with Crippen LogP contribution < -0.4 is 5.32 Å². The molecule has 1 aromatic carbocycles. The van der Waals surface area contributed by atoms with Crippen LogP contribution >= 0.6 is 0 Å². The largest absolute Gasteiger partial charge is 0.354 e. The molecule has 5 heteroatoms. The van der Waals surface area contributed by atoms with Gasteiger partial charge in [-0.25, -0.2) is 14.4 Å². The standard InChI is InChI=1S/C16H15FN4/c1-2-18-16-19-10-13(17)15(21-16)9-12-8-7-11-5-3-4-6-14(11)20-12/h3-8,10H,2,9H2,1H3,(H,18,19,21). The number of nitrogens with one attached hydrogen (secondary N) is 1. The van der Waals surface area contributed by atoms with E-state index in [4.69, 9.17) is 0 Å². The van der Waals surface area contributed by atoms with Gasteiger partial charge in [0.25, 0.3) is 0 Å². The molecule has 0 aliphatic heterocycles. The first-order chi connectivity index (χ1) is 10.3. The maximum absolute atomic E-state index is 13.8. The number of nitrogens with zero attached hydrogens (tertiary/aromatic N) is 3. The SMILES string of the molecule is CCNc1ncc(F)c(Cc2ccc3ccccc3n2)n1. The Morgan fingerprint density at radius 2 is 1.95 bits per heavy atom. The highest BCUT2D eigenvalue weighted by Gasteiger charge is 2.09. The molecule has 0 atom stereocenters. The number of aromatic nitrogens is 3. The predicted molar refractivity (Wildman–Crippen MR) is 80.7 cm³/mol. The van der Waals surface area contributed by atoms with E-state index in [0.29, 0.717) is 24.6 Å². The van der Waals surface area contributed by atoms with Crippen LogP contribution in [0, 0.1) is 5.82 Å². The van der Waals surface area contributed by atoms with Crippen LogP contribution in [0.4, 0.5) is 10.3 Å². The molecular weight excluding hydrogens is 267 g/mol. The van der Waals surface area contributed by atoms with Crippen molar-refractivity contribution in [1.82, 2.24) is 15.0 Å². The number of para-hydroxylation sites is 1. The number of halogens is 1. The van der Waals surface area contributed by atoms with Gasteiger partial charge in [-0.3, -0.25) is 4.98 Å². The summed E-state index contributed by atoms with van der Waals surface area (Å²) in [5.74, 6) is 0.0290. The third kappa shape index (κ3) is 2.97. The van der Waals surface area contributed by atoms with Gasteiger partial charge in [-0.2, -0.15) is 0 Å². The van der Waals surface area contributed by atoms with Crippen molar-refractivity contribution in [2.75, 3.05) is 11.9 Å². The summed E-state index contributed by atoms with van der Waals surface area (Å²) in [5.41, 5.74) is 2.04. The van der Waals surface area contributed by atoms with E-state index in [-0.39, 0.29) is 0 Å². The fourth-order valence-corrected chi connectivity index (χ4v) is 2.15. The zero-order valence-electron chi connectivity index (χ0n) is 11.7. The van der Waals surface area contributed by atoms with Crippen LogP contribution in [0.1, 0.15) is 18.3 Å². The van der Waals surface area contributed by atoms with Crippen molar-refractivity contribution >= 4 is 16.9 Å². The lowest BCUT2D eigenvalue weighted by Crippen LogP contribution is -2.07. The molecule has 3 rings (SSSR count). The number of rotatable bonds is 4. The van der Waals surface area contributed by atoms with Crippen LogP contribution in [0.3, 0.4) is 0 Å². The lowest BCUT2D eigenvalue weighted by molar-refractivity contribution is 0.595. The van der Waals surface area contributed by atoms with Gasteiger partial charge < -0.3 is 5.32 Å². The zero-order chi connectivity index (χ0) is 14.7. The number of benzene rings is 1. The number of hydrogen-bond acceptors (Lipinski definition) is 4. The highest BCUT2D eigenvalue weighted by atomic mass is 19.1. The third-order valence-corrected chi connectivity index (χ3v) is 3.16. The van der Waals surface area contributed by atoms with Crippen LogP contribution in [-0.4, -0.2) is 21.5 Å². The molecule has 0 radical (unpaired) electrons. The highest BCUT2D eigenvalue weighted by Crippen LogP contribution is 2.15. The van der Waals surface area contributed by atoms with Crippen molar-refractivity contribution < 1.29 is 4.39 Å². The van der Waals surface area contributed by atoms with Gasteiger partial charge in [0.1, 0.15) is 0 Å². The first-order valence-corrected chi connectivity index (χ1v) is 6.86. The fourth-order valence-electron chi connectivity index (χ4n) is 2.15. The first-order valence-electron chi connectivity index (χ1n) is 6.86. The summed E-state index contributed by atoms with van der Waals surface area (Å²) in [7, 11) is 0. The molecule has 2 heterocycles. The lowest BCUT2D eigenvalue weighted by Gasteiger charge is -2.06. The number of hydrogen-bond donors (Lipinski definition) is 1. The Bertz CT molecular complexity index is 773. The van der Waals surface area contributed by atoms with Crippen LogP contribution in [0.25, 0.3) is 10.9 Å². The van der Waals surface area contributed by atoms with Crippen LogP contribution in [0.5, 0.6) is 0 Å². The van der Waals surface area contributed by atoms with Crippen LogP contribution in [-0.2, 0) is 6.42 Å². The van der Waals surface area contributed by atoms with Crippen molar-refractivity contribution in [3.8, 4) is 0 Å². The fraction of sp³-hybridized carbons (Fsp3) is 0.188. The highest BCUT2D eigenvalue weighted by molar-refractivity contribution is 5.78. The second-order valence-electron chi connectivity index (χ2n) is 4.69. The minimum Gasteiger partial charge on any atom is -0.354 e. The monoisotopic (exact) mass is 282 g/mol. The molecule has 0 saturated carbocycles. The van der Waals surface area contributed by atoms with E-state index in [0.717, 1.165) is 16.6 Å². The molecular formula is C16H15FN4. The maximum atomic E-state index is 13.8. The summed E-state index contributed by atoms with van der Waals surface area (Å²) >= 11 is 0. The van der Waals surface area contributed by atoms with Gasteiger partial charge in [0.2, 0.25) is 5.95 Å². The molecule has 3 aromatic rings. The van der Waals surface area contributed by atoms with E-state index in [2.05, 4.69) is 20.3 Å². The molecule has 0 unspecified atom stereocenters. The summed E-state index contributed by atoms with van der Waals surface area (Å²) in [6.45, 7) is 2.64. The molecule has 0 saturated heterocycles. The molecule has 0 bridgehead atoms. The maximum Gasteiger partial charge on any atom is 0.223 e. The van der Waals surface area contributed by atoms with Crippen molar-refractivity contribution in [3.05, 3.63) is 59.8 Å². The Kier molecular flexibility index (Phi) is 3.73. The Morgan fingerprint density at radius 1 is 1.10 bits per heavy atom. The minimum absolute atomic E-state index is 0.345. The average molecular weight is 282 g/mol. The minimum atomic E-state index is -0.411. The van der Waals surface area contributed by atoms with Gasteiger partial charge in [0.15, 0.2) is 5.82 Å². The Morgan fingerprint density at radius 3 is 2.81 bits per heavy atom. The van der Waals surface area contributed by atoms with Gasteiger partial charge in [0.05, 0.1) is 17.4 Å². The van der Waals surface area contributed by atoms with E-state index in [9.17, 15) is 4.39 Å². The summed E-state index contributed by atoms with van der Waals surface area (Å²) in [5, 5.41) is 4.05. The third-order valence-electron chi connectivity index (χ3n) is 3.16. The Hall–Kier alpha value is -2.56. The smallest absolute Gasteiger partial charge is 0.223 e. The van der Waals surface area contributed by atoms with Gasteiger partial charge in [0, 0.05) is 24.0 Å². The molecule has 0 aliphatic rings. The van der Waals surface area contributed by atoms with E-state index in [1.165, 1.54) is 6.20 Å². The predicted octanol–water partition coefficient (Wildman–Crippen LogP) is 3.19. The normalized spacial score (nSPS) is 10.8. The molecule has 2 aromatic heterocycles. The zero-order valence-corrected chi connectivity index (χ0v) is 11.7. The molecule has 106 valence electrons. The van der Waals surface area contributed by atoms with E-state index < -0.39 is 5.82 Å². The number of pyridine rings is 1. The summed E-state index contributed by atoms with van der Waals surface area (Å²) in [6.07, 6.45) is 1.54. The Balaban J connectivity index is 1.92. The molecule has 0 fully saturated rings. The van der Waals surface area contributed by atoms with Crippen LogP contribution in [0.15, 0.2) is 42.6 Å². The van der Waals surface area contributed by atoms with Gasteiger partial charge in [-0.15, -0.1) is 0 Å². The summed E-state index contributed by atoms with van der Waals surface area (Å²) < 4.78 is 13.8. The molecule has 1 N–H and O–H groups in total. The summed E-state index contributed by atoms with van der Waals surface area (Å²) in [6, 6.07) is 11.7. The van der Waals surface area contributed by atoms with Gasteiger partial charge in [-0.05, 0) is 19.1 Å². The lowest BCUT2D eigenvalue weighted by atomic mass is 10.1. The van der Waals surface area contributed by atoms with Gasteiger partial charge in [-0.1, -0.05) is 24.3 Å². The van der Waals surface area contributed by atoms with Gasteiger partial charge >= 0.3 is 0 Å². The second kappa shape index (κ2) is 5.83. The Labute approximate surface area is 122 Å². The quantitative estimate of drug-likeness (QED) is 0.798. The molecule has 0 amide bonds. The van der Waals surface area contributed by atoms with Crippen molar-refractivity contribution in [1.29, 1.82) is 0 Å². The second-order valence-corrected chi connectivity index (χ2v) is 4.69. The number of fused-ring (bicyclic) bond motifs is 1. The van der Waals surface area contributed by atoms with E-state index in [1.54, 1.807) is 0 Å². The first kappa shape index (κ1) is 13.4. The molecule has 21 heavy (non-hydrogen) atoms. The molecule has 0 spiro atoms. The molecule has 0 aliphatic carbocycles. The van der Waals surface area contributed by atoms with Crippen molar-refractivity contribution in [3.63, 3.8) is 0 Å².